The van der Waals surface area contributed by atoms with Crippen LogP contribution in [0.1, 0.15) is 15.9 Å². The molecule has 0 aliphatic carbocycles. The van der Waals surface area contributed by atoms with E-state index in [2.05, 4.69) is 0 Å². The number of nitrogens with two attached hydrogens (primary N) is 1. The molecule has 0 bridgehead atoms. The summed E-state index contributed by atoms with van der Waals surface area (Å²) in [6.07, 6.45) is 3.62. The molecule has 0 fully saturated rings. The van der Waals surface area contributed by atoms with Gasteiger partial charge in [0.15, 0.2) is 18.9 Å². The second-order valence-corrected chi connectivity index (χ2v) is 3.94. The van der Waals surface area contributed by atoms with Gasteiger partial charge >= 0.3 is 0 Å². The lowest BCUT2D eigenvalue weighted by Crippen LogP contribution is -3.00. The Labute approximate surface area is 118 Å². The topological polar surface area (TPSA) is 56.2 Å². The summed E-state index contributed by atoms with van der Waals surface area (Å²) in [7, 11) is 1.64. The molecule has 2 aromatic rings. The Morgan fingerprint density at radius 1 is 1.26 bits per heavy atom. The molecule has 0 saturated carbocycles. The Balaban J connectivity index is 0.00000180. The zero-order chi connectivity index (χ0) is 13.0. The maximum absolute atomic E-state index is 11.1. The number of methoxy groups -OCH3 is 1. The van der Waals surface area contributed by atoms with E-state index in [1.165, 1.54) is 0 Å². The first kappa shape index (κ1) is 15.0. The van der Waals surface area contributed by atoms with E-state index >= 15 is 0 Å². The summed E-state index contributed by atoms with van der Waals surface area (Å²) in [5.41, 5.74) is 6.80. The summed E-state index contributed by atoms with van der Waals surface area (Å²) in [5, 5.41) is 0. The number of nitrogens with zero attached hydrogens (tertiary/aromatic N) is 1. The van der Waals surface area contributed by atoms with Gasteiger partial charge in [-0.1, -0.05) is 12.1 Å². The summed E-state index contributed by atoms with van der Waals surface area (Å²) < 4.78 is 7.19. The van der Waals surface area contributed by atoms with Crippen molar-refractivity contribution in [1.82, 2.24) is 0 Å². The lowest BCUT2D eigenvalue weighted by molar-refractivity contribution is -0.688. The number of primary amides is 1. The van der Waals surface area contributed by atoms with Crippen molar-refractivity contribution in [3.8, 4) is 5.75 Å². The number of benzene rings is 1. The molecule has 2 rings (SSSR count). The smallest absolute Gasteiger partial charge is 0.254 e. The van der Waals surface area contributed by atoms with E-state index in [0.717, 1.165) is 11.3 Å². The highest BCUT2D eigenvalue weighted by Gasteiger charge is 2.10. The third-order valence-corrected chi connectivity index (χ3v) is 2.69. The van der Waals surface area contributed by atoms with Gasteiger partial charge < -0.3 is 22.9 Å². The molecule has 1 amide bonds. The van der Waals surface area contributed by atoms with Crippen LogP contribution in [0.4, 0.5) is 0 Å². The van der Waals surface area contributed by atoms with E-state index in [-0.39, 0.29) is 12.4 Å². The molecule has 1 heterocycles. The van der Waals surface area contributed by atoms with E-state index in [4.69, 9.17) is 10.5 Å². The Morgan fingerprint density at radius 2 is 2.00 bits per heavy atom. The Bertz CT molecular complexity index is 573. The number of halogens is 1. The molecule has 100 valence electrons. The largest absolute Gasteiger partial charge is 1.00 e. The number of ether oxygens (including phenoxy) is 1. The summed E-state index contributed by atoms with van der Waals surface area (Å²) >= 11 is 0. The van der Waals surface area contributed by atoms with Crippen molar-refractivity contribution in [2.45, 2.75) is 6.54 Å². The van der Waals surface area contributed by atoms with Crippen LogP contribution in [0.25, 0.3) is 0 Å². The van der Waals surface area contributed by atoms with Crippen molar-refractivity contribution < 1.29 is 26.5 Å². The average molecular weight is 279 g/mol. The minimum atomic E-state index is -0.427. The van der Waals surface area contributed by atoms with Crippen LogP contribution in [0.3, 0.4) is 0 Å². The Kier molecular flexibility index (Phi) is 5.33. The van der Waals surface area contributed by atoms with Crippen LogP contribution in [-0.2, 0) is 6.54 Å². The third-order valence-electron chi connectivity index (χ3n) is 2.69. The molecule has 0 saturated heterocycles. The second-order valence-electron chi connectivity index (χ2n) is 3.94. The molecule has 0 unspecified atom stereocenters. The number of carbonyl (C=O) groups is 1. The zero-order valence-corrected chi connectivity index (χ0v) is 11.3. The van der Waals surface area contributed by atoms with Gasteiger partial charge in [-0.05, 0) is 18.2 Å². The number of para-hydroxylation sites is 1. The predicted molar refractivity (Wildman–Crippen MR) is 67.3 cm³/mol. The molecule has 2 N–H and O–H groups in total. The molecule has 1 aromatic heterocycles. The molecule has 0 atom stereocenters. The van der Waals surface area contributed by atoms with Gasteiger partial charge in [0, 0.05) is 6.07 Å². The Hall–Kier alpha value is -2.07. The van der Waals surface area contributed by atoms with Gasteiger partial charge in [0.1, 0.15) is 11.3 Å². The van der Waals surface area contributed by atoms with E-state index in [1.54, 1.807) is 25.4 Å². The maximum Gasteiger partial charge on any atom is 0.254 e. The molecule has 4 nitrogen and oxygen atoms in total. The van der Waals surface area contributed by atoms with Gasteiger partial charge in [-0.3, -0.25) is 4.79 Å². The fourth-order valence-corrected chi connectivity index (χ4v) is 1.80. The minimum Gasteiger partial charge on any atom is -1.00 e. The van der Waals surface area contributed by atoms with Gasteiger partial charge in [-0.2, -0.15) is 4.57 Å². The standard InChI is InChI=1S/C14H14N2O2.ClH/c1-18-13-7-3-2-5-11(13)9-16-8-4-6-12(10-16)14(15)17;/h2-8,10H,9H2,1H3,(H-,15,17);1H. The van der Waals surface area contributed by atoms with E-state index in [0.29, 0.717) is 12.1 Å². The molecule has 0 spiro atoms. The lowest BCUT2D eigenvalue weighted by Gasteiger charge is -2.05. The first-order chi connectivity index (χ1) is 8.70. The second kappa shape index (κ2) is 6.75. The van der Waals surface area contributed by atoms with Crippen LogP contribution in [0.5, 0.6) is 5.75 Å². The van der Waals surface area contributed by atoms with E-state index in [1.807, 2.05) is 35.0 Å². The summed E-state index contributed by atoms with van der Waals surface area (Å²) in [6.45, 7) is 0.630. The highest BCUT2D eigenvalue weighted by molar-refractivity contribution is 5.92. The summed E-state index contributed by atoms with van der Waals surface area (Å²) in [5.74, 6) is 0.402. The van der Waals surface area contributed by atoms with Gasteiger partial charge in [-0.15, -0.1) is 0 Å². The average Bonchev–Trinajstić information content (AvgIpc) is 2.39. The van der Waals surface area contributed by atoms with Crippen molar-refractivity contribution in [1.29, 1.82) is 0 Å². The number of carbonyl (C=O) groups excluding carboxylic acids is 1. The minimum absolute atomic E-state index is 0. The molecule has 0 aliphatic heterocycles. The number of amides is 1. The predicted octanol–water partition coefficient (Wildman–Crippen LogP) is -1.87. The molecule has 5 heteroatoms. The number of hydrogen-bond acceptors (Lipinski definition) is 2. The van der Waals surface area contributed by atoms with Crippen molar-refractivity contribution in [3.05, 3.63) is 59.9 Å². The van der Waals surface area contributed by atoms with Crippen molar-refractivity contribution in [2.75, 3.05) is 7.11 Å². The molecule has 1 aromatic carbocycles. The monoisotopic (exact) mass is 278 g/mol. The van der Waals surface area contributed by atoms with Crippen LogP contribution in [0.2, 0.25) is 0 Å². The first-order valence-electron chi connectivity index (χ1n) is 5.61. The lowest BCUT2D eigenvalue weighted by atomic mass is 10.2. The van der Waals surface area contributed by atoms with Gasteiger partial charge in [0.05, 0.1) is 12.7 Å². The summed E-state index contributed by atoms with van der Waals surface area (Å²) in [4.78, 5) is 11.1. The normalized spacial score (nSPS) is 9.53. The van der Waals surface area contributed by atoms with Crippen LogP contribution in [-0.4, -0.2) is 13.0 Å². The Morgan fingerprint density at radius 3 is 2.68 bits per heavy atom. The van der Waals surface area contributed by atoms with Crippen LogP contribution in [0.15, 0.2) is 48.8 Å². The SMILES string of the molecule is COc1ccccc1C[n+]1cccc(C(N)=O)c1.[Cl-]. The molecule has 19 heavy (non-hydrogen) atoms. The van der Waals surface area contributed by atoms with Crippen LogP contribution >= 0.6 is 0 Å². The highest BCUT2D eigenvalue weighted by Crippen LogP contribution is 2.16. The maximum atomic E-state index is 11.1. The fourth-order valence-electron chi connectivity index (χ4n) is 1.80. The van der Waals surface area contributed by atoms with E-state index < -0.39 is 5.91 Å². The van der Waals surface area contributed by atoms with Crippen molar-refractivity contribution >= 4 is 5.91 Å². The number of pyridine rings is 1. The van der Waals surface area contributed by atoms with E-state index in [9.17, 15) is 4.79 Å². The first-order valence-corrected chi connectivity index (χ1v) is 5.61. The van der Waals surface area contributed by atoms with Gasteiger partial charge in [0.2, 0.25) is 0 Å². The zero-order valence-electron chi connectivity index (χ0n) is 10.5. The number of aromatic nitrogens is 1. The molecular formula is C14H15ClN2O2. The number of rotatable bonds is 4. The van der Waals surface area contributed by atoms with Crippen LogP contribution in [0, 0.1) is 0 Å². The number of hydrogen-bond donors (Lipinski definition) is 1. The molecule has 0 aliphatic rings. The molecule has 0 radical (unpaired) electrons. The molecular weight excluding hydrogens is 264 g/mol. The third kappa shape index (κ3) is 3.69. The fraction of sp³-hybridized carbons (Fsp3) is 0.143. The highest BCUT2D eigenvalue weighted by atomic mass is 35.5. The van der Waals surface area contributed by atoms with Crippen molar-refractivity contribution in [3.63, 3.8) is 0 Å². The van der Waals surface area contributed by atoms with Gasteiger partial charge in [0.25, 0.3) is 5.91 Å². The quantitative estimate of drug-likeness (QED) is 0.667. The summed E-state index contributed by atoms with van der Waals surface area (Å²) in [6, 6.07) is 11.3. The van der Waals surface area contributed by atoms with Crippen LogP contribution < -0.4 is 27.4 Å². The van der Waals surface area contributed by atoms with Crippen molar-refractivity contribution in [2.24, 2.45) is 5.73 Å². The van der Waals surface area contributed by atoms with Gasteiger partial charge in [-0.25, -0.2) is 0 Å².